The Hall–Kier alpha value is -3.88. The Labute approximate surface area is 439 Å². The monoisotopic (exact) mass is 1080 g/mol. The van der Waals surface area contributed by atoms with Crippen molar-refractivity contribution >= 4 is 56.1 Å². The van der Waals surface area contributed by atoms with Crippen molar-refractivity contribution in [2.75, 3.05) is 13.2 Å². The van der Waals surface area contributed by atoms with E-state index >= 15 is 0 Å². The maximum Gasteiger partial charge on any atom is 0.344 e. The highest BCUT2D eigenvalue weighted by Gasteiger charge is 2.66. The highest BCUT2D eigenvalue weighted by Crippen LogP contribution is 2.56. The Morgan fingerprint density at radius 3 is 1.30 bits per heavy atom. The van der Waals surface area contributed by atoms with Crippen LogP contribution in [0, 0.1) is 34.5 Å². The molecule has 8 aliphatic rings. The molecule has 18 nitrogen and oxygen atoms in total. The molecular weight excluding hydrogens is 1000 g/mol. The molecule has 2 aliphatic heterocycles. The summed E-state index contributed by atoms with van der Waals surface area (Å²) in [6.07, 6.45) is 14.8. The van der Waals surface area contributed by atoms with E-state index in [1.54, 1.807) is 20.8 Å². The maximum absolute atomic E-state index is 12.1. The molecule has 0 N–H and O–H groups in total. The molecule has 6 saturated carbocycles. The Morgan fingerprint density at radius 2 is 0.919 bits per heavy atom. The lowest BCUT2D eigenvalue weighted by atomic mass is 9.82. The summed E-state index contributed by atoms with van der Waals surface area (Å²) < 4.78 is 89.1. The van der Waals surface area contributed by atoms with Crippen LogP contribution in [0.1, 0.15) is 185 Å². The minimum Gasteiger partial charge on any atom is -0.459 e. The van der Waals surface area contributed by atoms with Gasteiger partial charge in [0.1, 0.15) is 35.6 Å². The van der Waals surface area contributed by atoms with Crippen LogP contribution in [-0.2, 0) is 85.8 Å². The summed E-state index contributed by atoms with van der Waals surface area (Å²) in [5.41, 5.74) is -0.627. The molecule has 0 radical (unpaired) electrons. The van der Waals surface area contributed by atoms with Gasteiger partial charge < -0.3 is 28.4 Å². The highest BCUT2D eigenvalue weighted by atomic mass is 32.2. The molecule has 2 saturated heterocycles. The van der Waals surface area contributed by atoms with Crippen molar-refractivity contribution in [3.63, 3.8) is 0 Å². The van der Waals surface area contributed by atoms with Gasteiger partial charge in [0.25, 0.3) is 20.2 Å². The highest BCUT2D eigenvalue weighted by molar-refractivity contribution is 7.88. The first kappa shape index (κ1) is 61.0. The number of carbonyl (C=O) groups is 6. The molecule has 0 aromatic carbocycles. The lowest BCUT2D eigenvalue weighted by molar-refractivity contribution is -0.175. The standard InChI is InChI=1S/C15H22O7S.C14H26O2.C13H16O7S.C12H20O2/c1-4-15(2,3)14(17)20-7-11(16)21-12-8-5-9-10(6-8)23(18,19)22-13(9)12;1-5-13(3,4)12(15)16-14(6-2)10-8-7-9-11-14;1-6(2)13(15)18-5-10(14)19-11-7-3-8-9(4-7)21(16,17)20-12(8)11;1-4-12(8-6-5-7-9-12)14-11(13)10(2)3/h8-10,12-13H,4-7H2,1-3H3;5-11H2,1-4H3;7-9,11-12H,1,3-5H2,2H3;2,4-9H2,1,3H3. The van der Waals surface area contributed by atoms with Gasteiger partial charge in [0.2, 0.25) is 0 Å². The fourth-order valence-electron chi connectivity index (χ4n) is 11.4. The van der Waals surface area contributed by atoms with Crippen molar-refractivity contribution in [3.8, 4) is 0 Å². The third kappa shape index (κ3) is 14.4. The molecule has 10 atom stereocenters. The van der Waals surface area contributed by atoms with Crippen LogP contribution >= 0.6 is 0 Å². The molecule has 4 bridgehead atoms. The molecule has 10 unspecified atom stereocenters. The summed E-state index contributed by atoms with van der Waals surface area (Å²) >= 11 is 0. The zero-order chi connectivity index (χ0) is 55.2. The maximum atomic E-state index is 12.1. The lowest BCUT2D eigenvalue weighted by Crippen LogP contribution is -2.40. The van der Waals surface area contributed by atoms with E-state index < -0.39 is 97.7 Å². The Kier molecular flexibility index (Phi) is 20.3. The molecule has 8 rings (SSSR count). The first-order valence-electron chi connectivity index (χ1n) is 26.9. The summed E-state index contributed by atoms with van der Waals surface area (Å²) in [5.74, 6) is -2.88. The van der Waals surface area contributed by atoms with Gasteiger partial charge in [0, 0.05) is 34.8 Å². The molecule has 74 heavy (non-hydrogen) atoms. The van der Waals surface area contributed by atoms with Crippen molar-refractivity contribution in [2.45, 2.75) is 231 Å². The molecule has 2 heterocycles. The second kappa shape index (κ2) is 24.6. The van der Waals surface area contributed by atoms with Crippen LogP contribution in [0.5, 0.6) is 0 Å². The average molecular weight is 1090 g/mol. The number of fused-ring (bicyclic) bond motifs is 2. The van der Waals surface area contributed by atoms with Gasteiger partial charge in [-0.2, -0.15) is 16.8 Å². The quantitative estimate of drug-likeness (QED) is 0.0609. The zero-order valence-electron chi connectivity index (χ0n) is 45.5. The van der Waals surface area contributed by atoms with Crippen molar-refractivity contribution in [2.24, 2.45) is 34.5 Å². The number of rotatable bonds is 16. The predicted octanol–water partition coefficient (Wildman–Crippen LogP) is 8.47. The van der Waals surface area contributed by atoms with Gasteiger partial charge in [0.05, 0.1) is 21.3 Å². The van der Waals surface area contributed by atoms with Gasteiger partial charge >= 0.3 is 35.8 Å². The molecule has 0 aromatic rings. The van der Waals surface area contributed by atoms with Gasteiger partial charge in [-0.15, -0.1) is 0 Å². The SMILES string of the molecule is C=C(C)C(=O)OC1(CC)CCCCC1.C=C(C)C(=O)OCC(=O)OC1C2CC3C1OS(=O)(=O)C3C2.CCC(C)(C)C(=O)OCC(=O)OC1C2CC3C1OS(=O)(=O)C3C2.CCC1(OC(=O)C(C)(C)CC)CCCCC1. The number of hydrogen-bond donors (Lipinski definition) is 0. The zero-order valence-corrected chi connectivity index (χ0v) is 47.1. The Bertz CT molecular complexity index is 2310. The van der Waals surface area contributed by atoms with Crippen LogP contribution < -0.4 is 0 Å². The van der Waals surface area contributed by atoms with E-state index in [1.807, 2.05) is 27.7 Å². The molecule has 8 fully saturated rings. The van der Waals surface area contributed by atoms with Gasteiger partial charge in [-0.25, -0.2) is 19.2 Å². The fraction of sp³-hybridized carbons (Fsp3) is 0.815. The molecule has 6 aliphatic carbocycles. The third-order valence-electron chi connectivity index (χ3n) is 17.0. The fourth-order valence-corrected chi connectivity index (χ4v) is 15.1. The number of esters is 6. The van der Waals surface area contributed by atoms with Crippen LogP contribution in [0.2, 0.25) is 0 Å². The van der Waals surface area contributed by atoms with Gasteiger partial charge in [-0.1, -0.05) is 53.7 Å². The summed E-state index contributed by atoms with van der Waals surface area (Å²) in [6, 6.07) is 0. The van der Waals surface area contributed by atoms with Gasteiger partial charge in [0.15, 0.2) is 13.2 Å². The van der Waals surface area contributed by atoms with E-state index in [2.05, 4.69) is 27.0 Å². The summed E-state index contributed by atoms with van der Waals surface area (Å²) in [4.78, 5) is 70.2. The van der Waals surface area contributed by atoms with Crippen molar-refractivity contribution in [1.29, 1.82) is 0 Å². The Morgan fingerprint density at radius 1 is 0.541 bits per heavy atom. The molecule has 20 heteroatoms. The molecule has 420 valence electrons. The summed E-state index contributed by atoms with van der Waals surface area (Å²) in [7, 11) is -7.05. The molecule has 0 spiro atoms. The van der Waals surface area contributed by atoms with E-state index in [-0.39, 0.29) is 57.8 Å². The van der Waals surface area contributed by atoms with E-state index in [0.29, 0.717) is 37.7 Å². The third-order valence-corrected chi connectivity index (χ3v) is 20.6. The van der Waals surface area contributed by atoms with E-state index in [1.165, 1.54) is 45.4 Å². The number of ether oxygens (including phenoxy) is 6. The second-order valence-corrected chi connectivity index (χ2v) is 26.6. The van der Waals surface area contributed by atoms with Gasteiger partial charge in [-0.05, 0) is 144 Å². The van der Waals surface area contributed by atoms with Crippen molar-refractivity contribution in [1.82, 2.24) is 0 Å². The Balaban J connectivity index is 0.000000186. The van der Waals surface area contributed by atoms with Crippen molar-refractivity contribution in [3.05, 3.63) is 24.3 Å². The minimum atomic E-state index is -3.53. The number of hydrogen-bond acceptors (Lipinski definition) is 18. The second-order valence-electron chi connectivity index (χ2n) is 23.0. The molecule has 0 amide bonds. The van der Waals surface area contributed by atoms with Crippen LogP contribution in [0.25, 0.3) is 0 Å². The topological polar surface area (TPSA) is 245 Å². The smallest absolute Gasteiger partial charge is 0.344 e. The van der Waals surface area contributed by atoms with Crippen LogP contribution in [-0.4, -0.2) is 112 Å². The van der Waals surface area contributed by atoms with E-state index in [4.69, 9.17) is 36.8 Å². The largest absolute Gasteiger partial charge is 0.459 e. The molecular formula is C54H84O18S2. The predicted molar refractivity (Wildman–Crippen MR) is 271 cm³/mol. The van der Waals surface area contributed by atoms with Crippen molar-refractivity contribution < 1.29 is 82.4 Å². The van der Waals surface area contributed by atoms with Crippen LogP contribution in [0.15, 0.2) is 24.3 Å². The summed E-state index contributed by atoms with van der Waals surface area (Å²) in [6.45, 7) is 24.8. The van der Waals surface area contributed by atoms with E-state index in [0.717, 1.165) is 44.9 Å². The van der Waals surface area contributed by atoms with E-state index in [9.17, 15) is 45.6 Å². The van der Waals surface area contributed by atoms with Crippen LogP contribution in [0.3, 0.4) is 0 Å². The summed E-state index contributed by atoms with van der Waals surface area (Å²) in [5, 5.41) is -0.903. The number of carbonyl (C=O) groups excluding carboxylic acids is 6. The first-order chi connectivity index (χ1) is 34.5. The van der Waals surface area contributed by atoms with Crippen LogP contribution in [0.4, 0.5) is 0 Å². The lowest BCUT2D eigenvalue weighted by Gasteiger charge is -2.38. The first-order valence-corrected chi connectivity index (χ1v) is 29.8. The minimum absolute atomic E-state index is 0.00284. The molecule has 0 aromatic heterocycles. The average Bonchev–Trinajstić information content (AvgIpc) is 4.19. The van der Waals surface area contributed by atoms with Gasteiger partial charge in [-0.3, -0.25) is 18.0 Å². The normalized spacial score (nSPS) is 30.6.